The predicted molar refractivity (Wildman–Crippen MR) is 70.1 cm³/mol. The van der Waals surface area contributed by atoms with Crippen LogP contribution in [0.25, 0.3) is 11.1 Å². The Morgan fingerprint density at radius 2 is 1.61 bits per heavy atom. The summed E-state index contributed by atoms with van der Waals surface area (Å²) in [5, 5.41) is 9.45. The minimum Gasteiger partial charge on any atom is -0.508 e. The Kier molecular flexibility index (Phi) is 3.87. The Hall–Kier alpha value is -1.55. The average Bonchev–Trinajstić information content (AvgIpc) is 2.33. The Balaban J connectivity index is 2.25. The largest absolute Gasteiger partial charge is 0.508 e. The molecule has 0 radical (unpaired) electrons. The summed E-state index contributed by atoms with van der Waals surface area (Å²) in [6, 6.07) is 12.3. The molecule has 0 atom stereocenters. The minimum atomic E-state index is -2.40. The van der Waals surface area contributed by atoms with Gasteiger partial charge >= 0.3 is 0 Å². The molecule has 1 nitrogen and oxygen atoms in total. The second-order valence-electron chi connectivity index (χ2n) is 3.90. The van der Waals surface area contributed by atoms with Crippen molar-refractivity contribution in [1.82, 2.24) is 0 Å². The molecule has 2 rings (SSSR count). The maximum Gasteiger partial charge on any atom is 0.288 e. The molecule has 0 amide bonds. The van der Waals surface area contributed by atoms with Crippen LogP contribution in [0.5, 0.6) is 5.75 Å². The summed E-state index contributed by atoms with van der Waals surface area (Å²) < 4.78 is 24.4. The van der Waals surface area contributed by atoms with E-state index in [4.69, 9.17) is 0 Å². The Morgan fingerprint density at radius 3 is 2.17 bits per heavy atom. The molecule has 1 N–H and O–H groups in total. The third-order valence-electron chi connectivity index (χ3n) is 2.61. The molecular weight excluding hydrogens is 254 g/mol. The van der Waals surface area contributed by atoms with Crippen molar-refractivity contribution < 1.29 is 13.9 Å². The van der Waals surface area contributed by atoms with Crippen molar-refractivity contribution in [2.24, 2.45) is 0 Å². The first kappa shape index (κ1) is 12.9. The van der Waals surface area contributed by atoms with E-state index >= 15 is 0 Å². The van der Waals surface area contributed by atoms with Gasteiger partial charge in [0.25, 0.3) is 5.76 Å². The van der Waals surface area contributed by atoms with Gasteiger partial charge in [0, 0.05) is 4.90 Å². The molecule has 0 aliphatic carbocycles. The molecule has 0 aliphatic heterocycles. The zero-order valence-electron chi connectivity index (χ0n) is 9.73. The smallest absolute Gasteiger partial charge is 0.288 e. The van der Waals surface area contributed by atoms with Crippen molar-refractivity contribution in [3.8, 4) is 16.9 Å². The lowest BCUT2D eigenvalue weighted by atomic mass is 10.0. The number of phenolic OH excluding ortho intramolecular Hbond substituents is 1. The Bertz CT molecular complexity index is 538. The highest BCUT2D eigenvalue weighted by molar-refractivity contribution is 7.99. The number of halogens is 2. The van der Waals surface area contributed by atoms with Gasteiger partial charge in [-0.1, -0.05) is 30.0 Å². The van der Waals surface area contributed by atoms with Crippen LogP contribution < -0.4 is 0 Å². The molecule has 94 valence electrons. The number of hydrogen-bond donors (Lipinski definition) is 1. The summed E-state index contributed by atoms with van der Waals surface area (Å²) >= 11 is 0.535. The monoisotopic (exact) mass is 266 g/mol. The molecule has 0 heterocycles. The molecule has 4 heteroatoms. The van der Waals surface area contributed by atoms with E-state index in [1.54, 1.807) is 36.4 Å². The van der Waals surface area contributed by atoms with E-state index in [0.29, 0.717) is 16.7 Å². The number of rotatable bonds is 3. The third kappa shape index (κ3) is 3.01. The molecular formula is C14H12F2OS. The van der Waals surface area contributed by atoms with Crippen molar-refractivity contribution in [2.75, 3.05) is 0 Å². The summed E-state index contributed by atoms with van der Waals surface area (Å²) in [6.45, 7) is 1.82. The lowest BCUT2D eigenvalue weighted by Gasteiger charge is -2.06. The van der Waals surface area contributed by atoms with Gasteiger partial charge in [0.2, 0.25) is 0 Å². The number of alkyl halides is 2. The van der Waals surface area contributed by atoms with Crippen LogP contribution in [0, 0.1) is 6.92 Å². The Labute approximate surface area is 108 Å². The van der Waals surface area contributed by atoms with E-state index < -0.39 is 5.76 Å². The van der Waals surface area contributed by atoms with Crippen LogP contribution in [-0.2, 0) is 0 Å². The zero-order valence-corrected chi connectivity index (χ0v) is 10.5. The van der Waals surface area contributed by atoms with Gasteiger partial charge in [-0.05, 0) is 47.9 Å². The van der Waals surface area contributed by atoms with E-state index in [1.165, 1.54) is 0 Å². The van der Waals surface area contributed by atoms with Crippen LogP contribution in [0.1, 0.15) is 5.56 Å². The Morgan fingerprint density at radius 1 is 1.00 bits per heavy atom. The van der Waals surface area contributed by atoms with Gasteiger partial charge in [-0.3, -0.25) is 0 Å². The van der Waals surface area contributed by atoms with Crippen molar-refractivity contribution in [1.29, 1.82) is 0 Å². The summed E-state index contributed by atoms with van der Waals surface area (Å²) in [5.41, 5.74) is 2.69. The summed E-state index contributed by atoms with van der Waals surface area (Å²) in [7, 11) is 0. The van der Waals surface area contributed by atoms with Crippen LogP contribution in [0.2, 0.25) is 0 Å². The zero-order chi connectivity index (χ0) is 13.1. The first-order chi connectivity index (χ1) is 8.56. The van der Waals surface area contributed by atoms with E-state index in [9.17, 15) is 13.9 Å². The molecule has 0 bridgehead atoms. The van der Waals surface area contributed by atoms with Crippen LogP contribution in [-0.4, -0.2) is 10.9 Å². The van der Waals surface area contributed by atoms with Gasteiger partial charge in [-0.2, -0.15) is 8.78 Å². The van der Waals surface area contributed by atoms with Crippen molar-refractivity contribution in [3.63, 3.8) is 0 Å². The maximum absolute atomic E-state index is 12.2. The fraction of sp³-hybridized carbons (Fsp3) is 0.143. The van der Waals surface area contributed by atoms with Gasteiger partial charge in [-0.25, -0.2) is 0 Å². The normalized spacial score (nSPS) is 10.9. The van der Waals surface area contributed by atoms with Crippen LogP contribution in [0.15, 0.2) is 47.4 Å². The number of benzene rings is 2. The molecule has 18 heavy (non-hydrogen) atoms. The van der Waals surface area contributed by atoms with Gasteiger partial charge in [0.05, 0.1) is 0 Å². The SMILES string of the molecule is Cc1cc(-c2ccc(SC(F)F)cc2)ccc1O. The summed E-state index contributed by atoms with van der Waals surface area (Å²) in [4.78, 5) is 0.546. The molecule has 0 spiro atoms. The van der Waals surface area contributed by atoms with Crippen LogP contribution >= 0.6 is 11.8 Å². The molecule has 2 aromatic rings. The fourth-order valence-electron chi connectivity index (χ4n) is 1.66. The lowest BCUT2D eigenvalue weighted by Crippen LogP contribution is -1.83. The van der Waals surface area contributed by atoms with Crippen LogP contribution in [0.3, 0.4) is 0 Å². The summed E-state index contributed by atoms with van der Waals surface area (Å²) in [5.74, 6) is -2.14. The topological polar surface area (TPSA) is 20.2 Å². The fourth-order valence-corrected chi connectivity index (χ4v) is 2.16. The maximum atomic E-state index is 12.2. The molecule has 0 fully saturated rings. The highest BCUT2D eigenvalue weighted by atomic mass is 32.2. The number of aryl methyl sites for hydroxylation is 1. The van der Waals surface area contributed by atoms with Gasteiger partial charge in [0.15, 0.2) is 0 Å². The van der Waals surface area contributed by atoms with Crippen LogP contribution in [0.4, 0.5) is 8.78 Å². The van der Waals surface area contributed by atoms with E-state index in [0.717, 1.165) is 16.7 Å². The lowest BCUT2D eigenvalue weighted by molar-refractivity contribution is 0.252. The summed E-state index contributed by atoms with van der Waals surface area (Å²) in [6.07, 6.45) is 0. The van der Waals surface area contributed by atoms with E-state index in [2.05, 4.69) is 0 Å². The second-order valence-corrected chi connectivity index (χ2v) is 4.97. The highest BCUT2D eigenvalue weighted by Crippen LogP contribution is 2.29. The average molecular weight is 266 g/mol. The highest BCUT2D eigenvalue weighted by Gasteiger charge is 2.06. The van der Waals surface area contributed by atoms with E-state index in [-0.39, 0.29) is 5.75 Å². The number of thioether (sulfide) groups is 1. The molecule has 0 unspecified atom stereocenters. The quantitative estimate of drug-likeness (QED) is 0.814. The molecule has 0 aromatic heterocycles. The van der Waals surface area contributed by atoms with Gasteiger partial charge in [-0.15, -0.1) is 0 Å². The van der Waals surface area contributed by atoms with E-state index in [1.807, 2.05) is 13.0 Å². The minimum absolute atomic E-state index is 0.253. The first-order valence-electron chi connectivity index (χ1n) is 5.41. The van der Waals surface area contributed by atoms with Crippen molar-refractivity contribution in [3.05, 3.63) is 48.0 Å². The van der Waals surface area contributed by atoms with Gasteiger partial charge in [0.1, 0.15) is 5.75 Å². The molecule has 2 aromatic carbocycles. The van der Waals surface area contributed by atoms with Crippen molar-refractivity contribution in [2.45, 2.75) is 17.6 Å². The predicted octanol–water partition coefficient (Wildman–Crippen LogP) is 4.68. The number of aromatic hydroxyl groups is 1. The third-order valence-corrected chi connectivity index (χ3v) is 3.33. The number of hydrogen-bond acceptors (Lipinski definition) is 2. The molecule has 0 aliphatic rings. The van der Waals surface area contributed by atoms with Gasteiger partial charge < -0.3 is 5.11 Å². The molecule has 0 saturated heterocycles. The number of phenols is 1. The van der Waals surface area contributed by atoms with Crippen molar-refractivity contribution >= 4 is 11.8 Å². The molecule has 0 saturated carbocycles. The first-order valence-corrected chi connectivity index (χ1v) is 6.29. The standard InChI is InChI=1S/C14H12F2OS/c1-9-8-11(4-7-13(9)17)10-2-5-12(6-3-10)18-14(15)16/h2-8,14,17H,1H3. The second kappa shape index (κ2) is 5.40.